The molecular weight excluding hydrogens is 332 g/mol. The fourth-order valence-electron chi connectivity index (χ4n) is 3.92. The van der Waals surface area contributed by atoms with E-state index in [4.69, 9.17) is 4.74 Å². The summed E-state index contributed by atoms with van der Waals surface area (Å²) in [7, 11) is 1.72. The molecule has 0 bridgehead atoms. The van der Waals surface area contributed by atoms with Gasteiger partial charge in [-0.3, -0.25) is 0 Å². The summed E-state index contributed by atoms with van der Waals surface area (Å²) in [5.41, 5.74) is 8.99. The second-order valence-electron chi connectivity index (χ2n) is 6.91. The van der Waals surface area contributed by atoms with Crippen LogP contribution in [0.2, 0.25) is 0 Å². The van der Waals surface area contributed by atoms with Crippen molar-refractivity contribution in [2.45, 2.75) is 19.3 Å². The molecule has 136 valence electrons. The second kappa shape index (κ2) is 7.81. The summed E-state index contributed by atoms with van der Waals surface area (Å²) >= 11 is 0. The topological polar surface area (TPSA) is 29.5 Å². The molecule has 1 N–H and O–H groups in total. The molecule has 2 nitrogen and oxygen atoms in total. The lowest BCUT2D eigenvalue weighted by Gasteiger charge is -2.25. The molecule has 1 aliphatic carbocycles. The van der Waals surface area contributed by atoms with E-state index in [0.29, 0.717) is 6.42 Å². The van der Waals surface area contributed by atoms with Crippen LogP contribution in [-0.4, -0.2) is 18.8 Å². The number of fused-ring (bicyclic) bond motifs is 1. The third-order valence-electron chi connectivity index (χ3n) is 5.29. The van der Waals surface area contributed by atoms with Crippen molar-refractivity contribution in [3.63, 3.8) is 0 Å². The van der Waals surface area contributed by atoms with E-state index < -0.39 is 0 Å². The van der Waals surface area contributed by atoms with Crippen LogP contribution in [0.1, 0.15) is 34.2 Å². The number of benzene rings is 3. The third-order valence-corrected chi connectivity index (χ3v) is 5.29. The average Bonchev–Trinajstić information content (AvgIpc) is 2.74. The third kappa shape index (κ3) is 3.54. The fourth-order valence-corrected chi connectivity index (χ4v) is 3.92. The molecule has 1 aliphatic rings. The zero-order valence-electron chi connectivity index (χ0n) is 15.6. The number of aliphatic hydroxyl groups excluding tert-OH is 1. The van der Waals surface area contributed by atoms with E-state index in [9.17, 15) is 5.11 Å². The highest BCUT2D eigenvalue weighted by Gasteiger charge is 2.21. The zero-order valence-corrected chi connectivity index (χ0v) is 15.6. The maximum absolute atomic E-state index is 9.19. The van der Waals surface area contributed by atoms with E-state index in [1.807, 2.05) is 6.07 Å². The van der Waals surface area contributed by atoms with E-state index in [2.05, 4.69) is 66.7 Å². The summed E-state index contributed by atoms with van der Waals surface area (Å²) in [6.07, 6.45) is 2.72. The van der Waals surface area contributed by atoms with Crippen LogP contribution in [-0.2, 0) is 12.8 Å². The maximum atomic E-state index is 9.19. The average molecular weight is 356 g/mol. The quantitative estimate of drug-likeness (QED) is 0.686. The van der Waals surface area contributed by atoms with Gasteiger partial charge in [0.25, 0.3) is 0 Å². The minimum atomic E-state index is 0.180. The zero-order chi connectivity index (χ0) is 18.6. The van der Waals surface area contributed by atoms with Gasteiger partial charge < -0.3 is 9.84 Å². The van der Waals surface area contributed by atoms with E-state index in [-0.39, 0.29) is 6.61 Å². The van der Waals surface area contributed by atoms with Crippen molar-refractivity contribution in [1.29, 1.82) is 0 Å². The Morgan fingerprint density at radius 2 is 1.63 bits per heavy atom. The normalized spacial score (nSPS) is 13.4. The second-order valence-corrected chi connectivity index (χ2v) is 6.91. The van der Waals surface area contributed by atoms with Crippen LogP contribution in [0.25, 0.3) is 11.1 Å². The molecule has 0 spiro atoms. The lowest BCUT2D eigenvalue weighted by molar-refractivity contribution is 0.299. The monoisotopic (exact) mass is 356 g/mol. The lowest BCUT2D eigenvalue weighted by Crippen LogP contribution is -2.06. The predicted molar refractivity (Wildman–Crippen MR) is 111 cm³/mol. The van der Waals surface area contributed by atoms with Crippen LogP contribution in [0.4, 0.5) is 0 Å². The summed E-state index contributed by atoms with van der Waals surface area (Å²) in [6, 6.07) is 25.7. The Balaban J connectivity index is 1.89. The van der Waals surface area contributed by atoms with Crippen molar-refractivity contribution in [3.05, 3.63) is 101 Å². The number of aryl methyl sites for hydroxylation is 1. The number of hydrogen-bond donors (Lipinski definition) is 1. The highest BCUT2D eigenvalue weighted by atomic mass is 16.5. The van der Waals surface area contributed by atoms with Gasteiger partial charge in [-0.15, -0.1) is 0 Å². The van der Waals surface area contributed by atoms with Crippen LogP contribution in [0, 0.1) is 0 Å². The lowest BCUT2D eigenvalue weighted by atomic mass is 9.79. The van der Waals surface area contributed by atoms with E-state index >= 15 is 0 Å². The Hall–Kier alpha value is -2.84. The first-order chi connectivity index (χ1) is 13.3. The van der Waals surface area contributed by atoms with Gasteiger partial charge in [0.1, 0.15) is 5.75 Å². The largest absolute Gasteiger partial charge is 0.497 e. The molecule has 0 radical (unpaired) electrons. The SMILES string of the molecule is COc1ccc2c(c1)CCC(c1ccccc1)=C2c1ccc(CCO)cc1. The molecule has 4 rings (SSSR count). The molecule has 0 atom stereocenters. The maximum Gasteiger partial charge on any atom is 0.119 e. The van der Waals surface area contributed by atoms with Gasteiger partial charge in [-0.25, -0.2) is 0 Å². The molecule has 27 heavy (non-hydrogen) atoms. The summed E-state index contributed by atoms with van der Waals surface area (Å²) < 4.78 is 5.44. The number of hydrogen-bond acceptors (Lipinski definition) is 2. The molecule has 0 unspecified atom stereocenters. The standard InChI is InChI=1S/C25H24O2/c1-27-22-12-14-24-21(17-22)11-13-23(19-5-3-2-4-6-19)25(24)20-9-7-18(8-10-20)15-16-26/h2-10,12,14,17,26H,11,13,15-16H2,1H3. The Labute approximate surface area is 160 Å². The van der Waals surface area contributed by atoms with Crippen molar-refractivity contribution in [2.24, 2.45) is 0 Å². The van der Waals surface area contributed by atoms with Crippen molar-refractivity contribution < 1.29 is 9.84 Å². The molecule has 2 heteroatoms. The van der Waals surface area contributed by atoms with E-state index in [0.717, 1.165) is 24.2 Å². The van der Waals surface area contributed by atoms with Gasteiger partial charge >= 0.3 is 0 Å². The van der Waals surface area contributed by atoms with Crippen LogP contribution in [0.3, 0.4) is 0 Å². The number of aliphatic hydroxyl groups is 1. The van der Waals surface area contributed by atoms with Crippen LogP contribution < -0.4 is 4.74 Å². The van der Waals surface area contributed by atoms with Crippen molar-refractivity contribution >= 4 is 11.1 Å². The van der Waals surface area contributed by atoms with Crippen molar-refractivity contribution in [1.82, 2.24) is 0 Å². The number of methoxy groups -OCH3 is 1. The van der Waals surface area contributed by atoms with Crippen LogP contribution in [0.15, 0.2) is 72.8 Å². The van der Waals surface area contributed by atoms with Gasteiger partial charge in [-0.05, 0) is 70.4 Å². The van der Waals surface area contributed by atoms with Gasteiger partial charge in [0, 0.05) is 6.61 Å². The molecule has 0 amide bonds. The minimum absolute atomic E-state index is 0.180. The van der Waals surface area contributed by atoms with Gasteiger partial charge in [-0.2, -0.15) is 0 Å². The highest BCUT2D eigenvalue weighted by molar-refractivity contribution is 6.00. The number of allylic oxidation sites excluding steroid dienone is 1. The van der Waals surface area contributed by atoms with E-state index in [1.165, 1.54) is 33.4 Å². The molecule has 0 aliphatic heterocycles. The smallest absolute Gasteiger partial charge is 0.119 e. The van der Waals surface area contributed by atoms with Gasteiger partial charge in [0.2, 0.25) is 0 Å². The van der Waals surface area contributed by atoms with Crippen molar-refractivity contribution in [3.8, 4) is 5.75 Å². The molecule has 0 heterocycles. The number of ether oxygens (including phenoxy) is 1. The molecule has 3 aromatic carbocycles. The highest BCUT2D eigenvalue weighted by Crippen LogP contribution is 2.41. The number of rotatable bonds is 5. The van der Waals surface area contributed by atoms with Gasteiger partial charge in [-0.1, -0.05) is 60.7 Å². The first-order valence-electron chi connectivity index (χ1n) is 9.46. The Kier molecular flexibility index (Phi) is 5.08. The molecule has 0 aromatic heterocycles. The molecule has 0 saturated carbocycles. The summed E-state index contributed by atoms with van der Waals surface area (Å²) in [5.74, 6) is 0.912. The molecule has 3 aromatic rings. The Morgan fingerprint density at radius 1 is 0.852 bits per heavy atom. The summed E-state index contributed by atoms with van der Waals surface area (Å²) in [5, 5.41) is 9.19. The minimum Gasteiger partial charge on any atom is -0.497 e. The molecule has 0 fully saturated rings. The van der Waals surface area contributed by atoms with Crippen molar-refractivity contribution in [2.75, 3.05) is 13.7 Å². The van der Waals surface area contributed by atoms with Gasteiger partial charge in [0.15, 0.2) is 0 Å². The summed E-state index contributed by atoms with van der Waals surface area (Å²) in [6.45, 7) is 0.180. The van der Waals surface area contributed by atoms with Crippen LogP contribution in [0.5, 0.6) is 5.75 Å². The Bertz CT molecular complexity index is 953. The fraction of sp³-hybridized carbons (Fsp3) is 0.200. The van der Waals surface area contributed by atoms with Crippen LogP contribution >= 0.6 is 0 Å². The van der Waals surface area contributed by atoms with E-state index in [1.54, 1.807) is 7.11 Å². The predicted octanol–water partition coefficient (Wildman–Crippen LogP) is 5.14. The molecular formula is C25H24O2. The van der Waals surface area contributed by atoms with Gasteiger partial charge in [0.05, 0.1) is 7.11 Å². The first-order valence-corrected chi connectivity index (χ1v) is 9.46. The molecule has 0 saturated heterocycles. The summed E-state index contributed by atoms with van der Waals surface area (Å²) in [4.78, 5) is 0. The first kappa shape index (κ1) is 17.6. The Morgan fingerprint density at radius 3 is 2.33 bits per heavy atom.